The van der Waals surface area contributed by atoms with E-state index in [0.717, 1.165) is 24.3 Å². The Morgan fingerprint density at radius 1 is 1.26 bits per heavy atom. The molecule has 1 N–H and O–H groups in total. The summed E-state index contributed by atoms with van der Waals surface area (Å²) in [5.74, 6) is 1.43. The molecule has 0 aliphatic heterocycles. The molecule has 2 aromatic heterocycles. The molecule has 5 nitrogen and oxygen atoms in total. The zero-order valence-electron chi connectivity index (χ0n) is 15.1. The van der Waals surface area contributed by atoms with Crippen LogP contribution in [0.25, 0.3) is 0 Å². The molecule has 1 aliphatic rings. The summed E-state index contributed by atoms with van der Waals surface area (Å²) in [5.41, 5.74) is 0.939. The summed E-state index contributed by atoms with van der Waals surface area (Å²) in [4.78, 5) is 17.9. The Kier molecular flexibility index (Phi) is 5.53. The molecule has 140 valence electrons. The van der Waals surface area contributed by atoms with Crippen molar-refractivity contribution in [2.24, 2.45) is 0 Å². The summed E-state index contributed by atoms with van der Waals surface area (Å²) in [6.45, 7) is 1.59. The van der Waals surface area contributed by atoms with Crippen molar-refractivity contribution in [2.45, 2.75) is 38.1 Å². The molecule has 0 radical (unpaired) electrons. The van der Waals surface area contributed by atoms with Crippen molar-refractivity contribution in [3.8, 4) is 5.75 Å². The van der Waals surface area contributed by atoms with Gasteiger partial charge in [0.15, 0.2) is 5.13 Å². The number of carbonyl (C=O) groups is 1. The van der Waals surface area contributed by atoms with E-state index in [2.05, 4.69) is 27.3 Å². The average Bonchev–Trinajstić information content (AvgIpc) is 3.18. The van der Waals surface area contributed by atoms with E-state index in [-0.39, 0.29) is 5.91 Å². The Morgan fingerprint density at radius 3 is 2.93 bits per heavy atom. The molecule has 0 saturated heterocycles. The lowest BCUT2D eigenvalue weighted by atomic mass is 10.1. The van der Waals surface area contributed by atoms with Crippen LogP contribution in [-0.2, 0) is 17.8 Å². The van der Waals surface area contributed by atoms with Gasteiger partial charge in [-0.05, 0) is 55.0 Å². The third-order valence-electron chi connectivity index (χ3n) is 4.51. The number of anilines is 1. The molecular formula is C21H23N3O2S. The van der Waals surface area contributed by atoms with Crippen LogP contribution in [0.3, 0.4) is 0 Å². The number of ether oxygens (including phenoxy) is 1. The van der Waals surface area contributed by atoms with E-state index in [4.69, 9.17) is 4.74 Å². The van der Waals surface area contributed by atoms with E-state index in [1.165, 1.54) is 17.7 Å². The molecule has 6 heteroatoms. The molecule has 0 unspecified atom stereocenters. The van der Waals surface area contributed by atoms with E-state index < -0.39 is 0 Å². The molecule has 1 aromatic carbocycles. The minimum absolute atomic E-state index is 0.0449. The summed E-state index contributed by atoms with van der Waals surface area (Å²) < 4.78 is 7.96. The standard InChI is InChI=1S/C21H23N3O2S/c25-20(23-21-22-15-19(27-21)17-7-8-17)14-16-5-3-6-18(13-16)26-12-4-11-24-9-1-2-10-24/h1-3,5-6,9-10,13,15,17H,4,7-8,11-12,14H2,(H,22,23,25). The van der Waals surface area contributed by atoms with Crippen LogP contribution in [0.4, 0.5) is 5.13 Å². The molecule has 1 fully saturated rings. The number of hydrogen-bond donors (Lipinski definition) is 1. The third-order valence-corrected chi connectivity index (χ3v) is 5.58. The first-order valence-corrected chi connectivity index (χ1v) is 10.2. The van der Waals surface area contributed by atoms with Crippen LogP contribution >= 0.6 is 11.3 Å². The van der Waals surface area contributed by atoms with Crippen molar-refractivity contribution in [3.05, 3.63) is 65.4 Å². The number of nitrogens with one attached hydrogen (secondary N) is 1. The summed E-state index contributed by atoms with van der Waals surface area (Å²) in [6, 6.07) is 11.8. The Labute approximate surface area is 163 Å². The molecular weight excluding hydrogens is 358 g/mol. The fraction of sp³-hybridized carbons (Fsp3) is 0.333. The quantitative estimate of drug-likeness (QED) is 0.556. The highest BCUT2D eigenvalue weighted by molar-refractivity contribution is 7.15. The maximum Gasteiger partial charge on any atom is 0.230 e. The highest BCUT2D eigenvalue weighted by atomic mass is 32.1. The summed E-state index contributed by atoms with van der Waals surface area (Å²) in [6.07, 6.45) is 9.73. The van der Waals surface area contributed by atoms with Gasteiger partial charge in [-0.1, -0.05) is 12.1 Å². The highest BCUT2D eigenvalue weighted by Gasteiger charge is 2.25. The molecule has 1 amide bonds. The topological polar surface area (TPSA) is 56.1 Å². The van der Waals surface area contributed by atoms with Crippen LogP contribution in [0.1, 0.15) is 35.6 Å². The van der Waals surface area contributed by atoms with E-state index in [0.29, 0.717) is 24.1 Å². The van der Waals surface area contributed by atoms with Crippen molar-refractivity contribution < 1.29 is 9.53 Å². The van der Waals surface area contributed by atoms with Crippen molar-refractivity contribution in [1.29, 1.82) is 0 Å². The first kappa shape index (κ1) is 17.8. The zero-order chi connectivity index (χ0) is 18.5. The summed E-state index contributed by atoms with van der Waals surface area (Å²) in [5, 5.41) is 3.60. The average molecular weight is 382 g/mol. The van der Waals surface area contributed by atoms with E-state index >= 15 is 0 Å². The maximum absolute atomic E-state index is 12.3. The Morgan fingerprint density at radius 2 is 2.11 bits per heavy atom. The SMILES string of the molecule is O=C(Cc1cccc(OCCCn2cccc2)c1)Nc1ncc(C2CC2)s1. The van der Waals surface area contributed by atoms with Crippen molar-refractivity contribution >= 4 is 22.4 Å². The predicted octanol–water partition coefficient (Wildman–Crippen LogP) is 4.47. The molecule has 0 atom stereocenters. The summed E-state index contributed by atoms with van der Waals surface area (Å²) >= 11 is 1.59. The molecule has 3 aromatic rings. The lowest BCUT2D eigenvalue weighted by Crippen LogP contribution is -2.14. The molecule has 0 bridgehead atoms. The van der Waals surface area contributed by atoms with Gasteiger partial charge in [-0.25, -0.2) is 4.98 Å². The van der Waals surface area contributed by atoms with E-state index in [1.807, 2.05) is 42.6 Å². The van der Waals surface area contributed by atoms with Gasteiger partial charge in [-0.2, -0.15) is 0 Å². The molecule has 2 heterocycles. The van der Waals surface area contributed by atoms with E-state index in [1.54, 1.807) is 11.3 Å². The highest BCUT2D eigenvalue weighted by Crippen LogP contribution is 2.43. The molecule has 1 saturated carbocycles. The number of nitrogens with zero attached hydrogens (tertiary/aromatic N) is 2. The van der Waals surface area contributed by atoms with Crippen LogP contribution < -0.4 is 10.1 Å². The van der Waals surface area contributed by atoms with Crippen LogP contribution in [-0.4, -0.2) is 22.1 Å². The minimum atomic E-state index is -0.0449. The number of benzene rings is 1. The number of aryl methyl sites for hydroxylation is 1. The normalized spacial score (nSPS) is 13.5. The Balaban J connectivity index is 1.24. The molecule has 27 heavy (non-hydrogen) atoms. The number of hydrogen-bond acceptors (Lipinski definition) is 4. The van der Waals surface area contributed by atoms with E-state index in [9.17, 15) is 4.79 Å². The van der Waals surface area contributed by atoms with Crippen molar-refractivity contribution in [2.75, 3.05) is 11.9 Å². The number of rotatable bonds is 9. The predicted molar refractivity (Wildman–Crippen MR) is 107 cm³/mol. The fourth-order valence-corrected chi connectivity index (χ4v) is 3.95. The van der Waals surface area contributed by atoms with Gasteiger partial charge >= 0.3 is 0 Å². The van der Waals surface area contributed by atoms with Gasteiger partial charge in [0.05, 0.1) is 13.0 Å². The molecule has 1 aliphatic carbocycles. The van der Waals surface area contributed by atoms with Crippen LogP contribution in [0.2, 0.25) is 0 Å². The van der Waals surface area contributed by atoms with Gasteiger partial charge in [-0.15, -0.1) is 11.3 Å². The van der Waals surface area contributed by atoms with Crippen molar-refractivity contribution in [3.63, 3.8) is 0 Å². The van der Waals surface area contributed by atoms with Crippen LogP contribution in [0.15, 0.2) is 55.0 Å². The van der Waals surface area contributed by atoms with Crippen LogP contribution in [0.5, 0.6) is 5.75 Å². The van der Waals surface area contributed by atoms with Gasteiger partial charge in [0.25, 0.3) is 0 Å². The fourth-order valence-electron chi connectivity index (χ4n) is 2.95. The van der Waals surface area contributed by atoms with Gasteiger partial charge in [0.1, 0.15) is 5.75 Å². The van der Waals surface area contributed by atoms with Crippen molar-refractivity contribution in [1.82, 2.24) is 9.55 Å². The number of amides is 1. The lowest BCUT2D eigenvalue weighted by Gasteiger charge is -2.08. The second kappa shape index (κ2) is 8.39. The van der Waals surface area contributed by atoms with Gasteiger partial charge in [0.2, 0.25) is 5.91 Å². The van der Waals surface area contributed by atoms with Gasteiger partial charge in [-0.3, -0.25) is 4.79 Å². The Bertz CT molecular complexity index is 884. The number of aromatic nitrogens is 2. The Hall–Kier alpha value is -2.60. The summed E-state index contributed by atoms with van der Waals surface area (Å²) in [7, 11) is 0. The number of carbonyl (C=O) groups excluding carboxylic acids is 1. The zero-order valence-corrected chi connectivity index (χ0v) is 16.0. The molecule has 4 rings (SSSR count). The second-order valence-electron chi connectivity index (χ2n) is 6.84. The second-order valence-corrected chi connectivity index (χ2v) is 7.90. The first-order valence-electron chi connectivity index (χ1n) is 9.34. The smallest absolute Gasteiger partial charge is 0.230 e. The minimum Gasteiger partial charge on any atom is -0.494 e. The van der Waals surface area contributed by atoms with Gasteiger partial charge in [0, 0.05) is 30.0 Å². The maximum atomic E-state index is 12.3. The third kappa shape index (κ3) is 5.20. The largest absolute Gasteiger partial charge is 0.494 e. The number of thiazole rings is 1. The van der Waals surface area contributed by atoms with Crippen LogP contribution in [0, 0.1) is 0 Å². The molecule has 0 spiro atoms. The first-order chi connectivity index (χ1) is 13.3. The lowest BCUT2D eigenvalue weighted by molar-refractivity contribution is -0.115. The van der Waals surface area contributed by atoms with Gasteiger partial charge < -0.3 is 14.6 Å². The monoisotopic (exact) mass is 381 g/mol.